The molecule has 1 amide bonds. The van der Waals surface area contributed by atoms with Gasteiger partial charge in [-0.3, -0.25) is 4.79 Å². The molecule has 5 nitrogen and oxygen atoms in total. The normalized spacial score (nSPS) is 12.7. The first-order chi connectivity index (χ1) is 19.0. The van der Waals surface area contributed by atoms with Crippen LogP contribution in [0.4, 0.5) is 0 Å². The summed E-state index contributed by atoms with van der Waals surface area (Å²) in [6.07, 6.45) is 31.7. The molecule has 0 heterocycles. The van der Waals surface area contributed by atoms with Crippen molar-refractivity contribution in [3.05, 3.63) is 0 Å². The van der Waals surface area contributed by atoms with Crippen LogP contribution < -0.4 is 22.1 Å². The van der Waals surface area contributed by atoms with Gasteiger partial charge in [-0.2, -0.15) is 0 Å². The van der Waals surface area contributed by atoms with Gasteiger partial charge in [0.15, 0.2) is 0 Å². The molecular weight excluding hydrogens is 480 g/mol. The largest absolute Gasteiger partial charge is 0.368 e. The zero-order chi connectivity index (χ0) is 28.9. The number of unbranched alkanes of at least 4 members (excludes halogenated alkanes) is 18. The molecule has 5 heteroatoms. The predicted octanol–water partition coefficient (Wildman–Crippen LogP) is 8.53. The lowest BCUT2D eigenvalue weighted by molar-refractivity contribution is -0.120. The maximum atomic E-state index is 12.3. The molecule has 1 atom stereocenters. The second-order valence-electron chi connectivity index (χ2n) is 12.3. The molecule has 0 bridgehead atoms. The first kappa shape index (κ1) is 38.4. The predicted molar refractivity (Wildman–Crippen MR) is 173 cm³/mol. The molecule has 0 aromatic carbocycles. The van der Waals surface area contributed by atoms with Crippen LogP contribution in [0.1, 0.15) is 181 Å². The maximum absolute atomic E-state index is 12.3. The lowest BCUT2D eigenvalue weighted by Crippen LogP contribution is -2.56. The number of rotatable bonds is 32. The summed E-state index contributed by atoms with van der Waals surface area (Å²) in [6.45, 7) is 9.45. The molecule has 0 saturated heterocycles. The first-order valence-corrected chi connectivity index (χ1v) is 17.5. The van der Waals surface area contributed by atoms with E-state index in [0.29, 0.717) is 6.54 Å². The molecule has 39 heavy (non-hydrogen) atoms. The van der Waals surface area contributed by atoms with Gasteiger partial charge in [0, 0.05) is 12.1 Å². The zero-order valence-corrected chi connectivity index (χ0v) is 26.9. The Morgan fingerprint density at radius 2 is 1.05 bits per heavy atom. The zero-order valence-electron chi connectivity index (χ0n) is 26.9. The molecule has 6 N–H and O–H groups in total. The van der Waals surface area contributed by atoms with Gasteiger partial charge >= 0.3 is 0 Å². The van der Waals surface area contributed by atoms with E-state index in [-0.39, 0.29) is 17.5 Å². The number of carbonyl (C=O) groups is 1. The van der Waals surface area contributed by atoms with E-state index in [1.807, 2.05) is 0 Å². The highest BCUT2D eigenvalue weighted by Crippen LogP contribution is 2.24. The number of hydrogen-bond acceptors (Lipinski definition) is 4. The Balaban J connectivity index is 5.14. The van der Waals surface area contributed by atoms with E-state index in [0.717, 1.165) is 32.4 Å². The quantitative estimate of drug-likeness (QED) is 0.0629. The van der Waals surface area contributed by atoms with Gasteiger partial charge in [-0.05, 0) is 45.2 Å². The molecule has 0 aliphatic carbocycles. The number of nitrogens with one attached hydrogen (secondary N) is 2. The van der Waals surface area contributed by atoms with Crippen molar-refractivity contribution in [2.24, 2.45) is 11.5 Å². The van der Waals surface area contributed by atoms with Crippen LogP contribution in [0.15, 0.2) is 0 Å². The van der Waals surface area contributed by atoms with Crippen LogP contribution in [0.25, 0.3) is 0 Å². The number of hydrogen-bond donors (Lipinski definition) is 4. The molecule has 234 valence electrons. The van der Waals surface area contributed by atoms with E-state index in [9.17, 15) is 4.79 Å². The summed E-state index contributed by atoms with van der Waals surface area (Å²) in [4.78, 5) is 12.3. The number of carbonyl (C=O) groups excluding carboxylic acids is 1. The highest BCUT2D eigenvalue weighted by Gasteiger charge is 2.30. The van der Waals surface area contributed by atoms with E-state index in [2.05, 4.69) is 31.4 Å². The molecule has 0 unspecified atom stereocenters. The molecule has 0 saturated carbocycles. The summed E-state index contributed by atoms with van der Waals surface area (Å²) in [6, 6.07) is -0.255. The van der Waals surface area contributed by atoms with Crippen molar-refractivity contribution < 1.29 is 4.79 Å². The van der Waals surface area contributed by atoms with Crippen LogP contribution in [0.5, 0.6) is 0 Å². The van der Waals surface area contributed by atoms with Crippen molar-refractivity contribution in [2.45, 2.75) is 193 Å². The number of amides is 1. The first-order valence-electron chi connectivity index (χ1n) is 17.5. The summed E-state index contributed by atoms with van der Waals surface area (Å²) >= 11 is 0. The summed E-state index contributed by atoms with van der Waals surface area (Å²) < 4.78 is 0. The van der Waals surface area contributed by atoms with Crippen LogP contribution in [-0.4, -0.2) is 37.1 Å². The Morgan fingerprint density at radius 1 is 0.615 bits per heavy atom. The van der Waals surface area contributed by atoms with Gasteiger partial charge in [0.2, 0.25) is 5.91 Å². The number of nitrogens with two attached hydrogens (primary N) is 2. The van der Waals surface area contributed by atoms with Gasteiger partial charge in [0.25, 0.3) is 0 Å². The van der Waals surface area contributed by atoms with E-state index in [1.165, 1.54) is 141 Å². The Labute approximate surface area is 245 Å². The van der Waals surface area contributed by atoms with Crippen molar-refractivity contribution in [3.8, 4) is 0 Å². The van der Waals surface area contributed by atoms with Gasteiger partial charge in [0.05, 0.1) is 6.04 Å². The van der Waals surface area contributed by atoms with Crippen LogP contribution in [-0.2, 0) is 4.79 Å². The highest BCUT2D eigenvalue weighted by atomic mass is 16.1. The van der Waals surface area contributed by atoms with Gasteiger partial charge in [-0.1, -0.05) is 149 Å². The average molecular weight is 553 g/mol. The molecule has 0 radical (unpaired) electrons. The molecular formula is C34H72N4O. The van der Waals surface area contributed by atoms with E-state index < -0.39 is 0 Å². The van der Waals surface area contributed by atoms with Gasteiger partial charge in [-0.25, -0.2) is 0 Å². The van der Waals surface area contributed by atoms with Crippen molar-refractivity contribution in [2.75, 3.05) is 19.6 Å². The third-order valence-electron chi connectivity index (χ3n) is 8.53. The Bertz CT molecular complexity index is 497. The fourth-order valence-corrected chi connectivity index (χ4v) is 5.80. The third-order valence-corrected chi connectivity index (χ3v) is 8.53. The van der Waals surface area contributed by atoms with Gasteiger partial charge in [0.1, 0.15) is 0 Å². The average Bonchev–Trinajstić information content (AvgIpc) is 2.93. The van der Waals surface area contributed by atoms with Crippen LogP contribution in [0, 0.1) is 0 Å². The lowest BCUT2D eigenvalue weighted by Gasteiger charge is -2.37. The van der Waals surface area contributed by atoms with Crippen LogP contribution in [0.2, 0.25) is 0 Å². The molecule has 0 rings (SSSR count). The second-order valence-corrected chi connectivity index (χ2v) is 12.3. The summed E-state index contributed by atoms with van der Waals surface area (Å²) in [5.41, 5.74) is 11.6. The molecule has 0 aromatic rings. The smallest absolute Gasteiger partial charge is 0.234 e. The molecule has 0 fully saturated rings. The molecule has 0 aromatic heterocycles. The number of primary amides is 1. The van der Waals surface area contributed by atoms with Gasteiger partial charge < -0.3 is 22.1 Å². The summed E-state index contributed by atoms with van der Waals surface area (Å²) in [5.74, 6) is -0.219. The monoisotopic (exact) mass is 553 g/mol. The standard InChI is InChI=1S/C34H72N4O/c1-4-7-10-13-16-17-20-25-30-38-34(27-22-18-14-11-8-5-2,28-23-19-15-12-9-6-3)31-37-32(33(36)39)26-21-24-29-35/h32,37-38H,4-31,35H2,1-3H3,(H2,36,39)/t32-/m0/s1. The molecule has 0 aliphatic rings. The van der Waals surface area contributed by atoms with E-state index in [1.54, 1.807) is 0 Å². The van der Waals surface area contributed by atoms with Gasteiger partial charge in [-0.15, -0.1) is 0 Å². The van der Waals surface area contributed by atoms with Crippen molar-refractivity contribution >= 4 is 5.91 Å². The van der Waals surface area contributed by atoms with E-state index >= 15 is 0 Å². The molecule has 0 spiro atoms. The van der Waals surface area contributed by atoms with Crippen LogP contribution >= 0.6 is 0 Å². The summed E-state index contributed by atoms with van der Waals surface area (Å²) in [5, 5.41) is 7.72. The highest BCUT2D eigenvalue weighted by molar-refractivity contribution is 5.79. The minimum absolute atomic E-state index is 0.0538. The third kappa shape index (κ3) is 23.7. The minimum Gasteiger partial charge on any atom is -0.368 e. The van der Waals surface area contributed by atoms with Crippen LogP contribution in [0.3, 0.4) is 0 Å². The Hall–Kier alpha value is -0.650. The van der Waals surface area contributed by atoms with Crippen molar-refractivity contribution in [3.63, 3.8) is 0 Å². The fraction of sp³-hybridized carbons (Fsp3) is 0.971. The SMILES string of the molecule is CCCCCCCCCCNC(CCCCCCCC)(CCCCCCCC)CN[C@@H](CCCCN)C(N)=O. The fourth-order valence-electron chi connectivity index (χ4n) is 5.80. The minimum atomic E-state index is -0.255. The lowest BCUT2D eigenvalue weighted by atomic mass is 9.85. The molecule has 0 aliphatic heterocycles. The van der Waals surface area contributed by atoms with E-state index in [4.69, 9.17) is 11.5 Å². The second kappa shape index (κ2) is 28.9. The Morgan fingerprint density at radius 3 is 1.49 bits per heavy atom. The Kier molecular flexibility index (Phi) is 28.4. The van der Waals surface area contributed by atoms with Crippen molar-refractivity contribution in [1.82, 2.24) is 10.6 Å². The maximum Gasteiger partial charge on any atom is 0.234 e. The summed E-state index contributed by atoms with van der Waals surface area (Å²) in [7, 11) is 0. The topological polar surface area (TPSA) is 93.2 Å². The van der Waals surface area contributed by atoms with Crippen molar-refractivity contribution in [1.29, 1.82) is 0 Å².